The van der Waals surface area contributed by atoms with Crippen LogP contribution in [-0.2, 0) is 9.53 Å². The third kappa shape index (κ3) is 3.18. The molecule has 2 rings (SSSR count). The second-order valence-corrected chi connectivity index (χ2v) is 5.69. The smallest absolute Gasteiger partial charge is 0.317 e. The van der Waals surface area contributed by atoms with E-state index in [4.69, 9.17) is 9.84 Å². The zero-order valence-corrected chi connectivity index (χ0v) is 11.5. The molecular weight excluding hydrogens is 248 g/mol. The monoisotopic (exact) mass is 270 g/mol. The van der Waals surface area contributed by atoms with Crippen molar-refractivity contribution in [2.24, 2.45) is 17.8 Å². The molecule has 0 spiro atoms. The van der Waals surface area contributed by atoms with Crippen molar-refractivity contribution in [3.8, 4) is 0 Å². The van der Waals surface area contributed by atoms with Crippen LogP contribution in [0.2, 0.25) is 0 Å². The highest BCUT2D eigenvalue weighted by molar-refractivity contribution is 5.77. The van der Waals surface area contributed by atoms with Gasteiger partial charge in [-0.25, -0.2) is 4.79 Å². The van der Waals surface area contributed by atoms with Crippen LogP contribution in [0.5, 0.6) is 0 Å². The molecule has 0 aromatic rings. The SMILES string of the molecule is CC1CN(C(=O)NC(C)C2CCOC2)CC1C(=O)O. The first-order chi connectivity index (χ1) is 8.99. The maximum atomic E-state index is 12.1. The van der Waals surface area contributed by atoms with Crippen LogP contribution in [0.3, 0.4) is 0 Å². The van der Waals surface area contributed by atoms with Crippen molar-refractivity contribution < 1.29 is 19.4 Å². The Morgan fingerprint density at radius 3 is 2.68 bits per heavy atom. The number of aliphatic carboxylic acids is 1. The zero-order valence-electron chi connectivity index (χ0n) is 11.5. The number of carboxylic acid groups (broad SMARTS) is 1. The van der Waals surface area contributed by atoms with Gasteiger partial charge in [0, 0.05) is 31.7 Å². The van der Waals surface area contributed by atoms with E-state index in [9.17, 15) is 9.59 Å². The lowest BCUT2D eigenvalue weighted by Gasteiger charge is -2.23. The number of carbonyl (C=O) groups excluding carboxylic acids is 1. The first-order valence-corrected chi connectivity index (χ1v) is 6.85. The van der Waals surface area contributed by atoms with Gasteiger partial charge in [-0.05, 0) is 19.3 Å². The lowest BCUT2D eigenvalue weighted by Crippen LogP contribution is -2.46. The number of likely N-dealkylation sites (tertiary alicyclic amines) is 1. The predicted octanol–water partition coefficient (Wildman–Crippen LogP) is 0.773. The van der Waals surface area contributed by atoms with Gasteiger partial charge in [-0.1, -0.05) is 6.92 Å². The number of nitrogens with zero attached hydrogens (tertiary/aromatic N) is 1. The molecule has 2 aliphatic heterocycles. The van der Waals surface area contributed by atoms with Gasteiger partial charge in [0.25, 0.3) is 0 Å². The van der Waals surface area contributed by atoms with E-state index in [0.29, 0.717) is 25.6 Å². The van der Waals surface area contributed by atoms with Gasteiger partial charge >= 0.3 is 12.0 Å². The van der Waals surface area contributed by atoms with Gasteiger partial charge in [0.05, 0.1) is 12.5 Å². The summed E-state index contributed by atoms with van der Waals surface area (Å²) >= 11 is 0. The minimum absolute atomic E-state index is 0.00775. The Morgan fingerprint density at radius 1 is 1.42 bits per heavy atom. The molecule has 0 aromatic carbocycles. The van der Waals surface area contributed by atoms with E-state index in [2.05, 4.69) is 5.32 Å². The summed E-state index contributed by atoms with van der Waals surface area (Å²) in [5.74, 6) is -0.900. The van der Waals surface area contributed by atoms with Crippen molar-refractivity contribution >= 4 is 12.0 Å². The molecule has 0 radical (unpaired) electrons. The highest BCUT2D eigenvalue weighted by Gasteiger charge is 2.37. The fourth-order valence-corrected chi connectivity index (χ4v) is 2.81. The summed E-state index contributed by atoms with van der Waals surface area (Å²) in [7, 11) is 0. The van der Waals surface area contributed by atoms with E-state index in [0.717, 1.165) is 13.0 Å². The van der Waals surface area contributed by atoms with Crippen molar-refractivity contribution in [1.29, 1.82) is 0 Å². The molecular formula is C13H22N2O4. The average molecular weight is 270 g/mol. The number of carbonyl (C=O) groups is 2. The van der Waals surface area contributed by atoms with Gasteiger partial charge in [-0.3, -0.25) is 4.79 Å². The van der Waals surface area contributed by atoms with Crippen molar-refractivity contribution in [3.63, 3.8) is 0 Å². The van der Waals surface area contributed by atoms with E-state index in [1.54, 1.807) is 4.90 Å². The van der Waals surface area contributed by atoms with Gasteiger partial charge in [0.1, 0.15) is 0 Å². The standard InChI is InChI=1S/C13H22N2O4/c1-8-5-15(6-11(8)12(16)17)13(18)14-9(2)10-3-4-19-7-10/h8-11H,3-7H2,1-2H3,(H,14,18)(H,16,17). The molecule has 2 amide bonds. The number of carboxylic acids is 1. The molecule has 108 valence electrons. The van der Waals surface area contributed by atoms with Crippen LogP contribution in [0.15, 0.2) is 0 Å². The van der Waals surface area contributed by atoms with Gasteiger partial charge < -0.3 is 20.1 Å². The van der Waals surface area contributed by atoms with Crippen molar-refractivity contribution in [2.45, 2.75) is 26.3 Å². The Labute approximate surface area is 113 Å². The van der Waals surface area contributed by atoms with Crippen LogP contribution in [0.4, 0.5) is 4.79 Å². The Bertz CT molecular complexity index is 355. The van der Waals surface area contributed by atoms with Crippen molar-refractivity contribution in [1.82, 2.24) is 10.2 Å². The van der Waals surface area contributed by atoms with Crippen LogP contribution >= 0.6 is 0 Å². The Morgan fingerprint density at radius 2 is 2.16 bits per heavy atom. The fraction of sp³-hybridized carbons (Fsp3) is 0.846. The van der Waals surface area contributed by atoms with Gasteiger partial charge in [-0.2, -0.15) is 0 Å². The molecule has 2 fully saturated rings. The molecule has 4 atom stereocenters. The number of urea groups is 1. The Balaban J connectivity index is 1.85. The van der Waals surface area contributed by atoms with Crippen molar-refractivity contribution in [3.05, 3.63) is 0 Å². The van der Waals surface area contributed by atoms with E-state index >= 15 is 0 Å². The van der Waals surface area contributed by atoms with Gasteiger partial charge in [0.2, 0.25) is 0 Å². The number of amides is 2. The maximum Gasteiger partial charge on any atom is 0.317 e. The van der Waals surface area contributed by atoms with Crippen LogP contribution in [0.25, 0.3) is 0 Å². The Kier molecular flexibility index (Phi) is 4.29. The Hall–Kier alpha value is -1.30. The fourth-order valence-electron chi connectivity index (χ4n) is 2.81. The normalized spacial score (nSPS) is 32.3. The number of ether oxygens (including phenoxy) is 1. The topological polar surface area (TPSA) is 78.9 Å². The summed E-state index contributed by atoms with van der Waals surface area (Å²) in [5.41, 5.74) is 0. The zero-order chi connectivity index (χ0) is 14.0. The predicted molar refractivity (Wildman–Crippen MR) is 68.8 cm³/mol. The lowest BCUT2D eigenvalue weighted by atomic mass is 9.99. The van der Waals surface area contributed by atoms with Crippen LogP contribution in [0.1, 0.15) is 20.3 Å². The summed E-state index contributed by atoms with van der Waals surface area (Å²) < 4.78 is 5.31. The summed E-state index contributed by atoms with van der Waals surface area (Å²) in [4.78, 5) is 24.8. The second-order valence-electron chi connectivity index (χ2n) is 5.69. The second kappa shape index (κ2) is 5.77. The molecule has 6 nitrogen and oxygen atoms in total. The third-order valence-corrected chi connectivity index (χ3v) is 4.24. The first kappa shape index (κ1) is 14.1. The molecule has 2 heterocycles. The number of rotatable bonds is 3. The van der Waals surface area contributed by atoms with E-state index < -0.39 is 11.9 Å². The molecule has 2 N–H and O–H groups in total. The quantitative estimate of drug-likeness (QED) is 0.794. The van der Waals surface area contributed by atoms with Crippen molar-refractivity contribution in [2.75, 3.05) is 26.3 Å². The van der Waals surface area contributed by atoms with Crippen LogP contribution in [-0.4, -0.2) is 54.4 Å². The molecule has 4 unspecified atom stereocenters. The summed E-state index contributed by atoms with van der Waals surface area (Å²) in [6.45, 7) is 6.11. The van der Waals surface area contributed by atoms with Gasteiger partial charge in [0.15, 0.2) is 0 Å². The molecule has 2 aliphatic rings. The van der Waals surface area contributed by atoms with E-state index in [1.165, 1.54) is 0 Å². The summed E-state index contributed by atoms with van der Waals surface area (Å²) in [5, 5.41) is 12.0. The van der Waals surface area contributed by atoms with Gasteiger partial charge in [-0.15, -0.1) is 0 Å². The molecule has 0 saturated carbocycles. The van der Waals surface area contributed by atoms with Crippen LogP contribution < -0.4 is 5.32 Å². The minimum Gasteiger partial charge on any atom is -0.481 e. The highest BCUT2D eigenvalue weighted by atomic mass is 16.5. The number of hydrogen-bond acceptors (Lipinski definition) is 3. The van der Waals surface area contributed by atoms with E-state index in [-0.39, 0.29) is 18.0 Å². The summed E-state index contributed by atoms with van der Waals surface area (Å²) in [6.07, 6.45) is 0.968. The third-order valence-electron chi connectivity index (χ3n) is 4.24. The number of hydrogen-bond donors (Lipinski definition) is 2. The molecule has 6 heteroatoms. The number of nitrogens with one attached hydrogen (secondary N) is 1. The molecule has 19 heavy (non-hydrogen) atoms. The largest absolute Gasteiger partial charge is 0.481 e. The first-order valence-electron chi connectivity index (χ1n) is 6.85. The molecule has 2 saturated heterocycles. The average Bonchev–Trinajstić information content (AvgIpc) is 2.96. The highest BCUT2D eigenvalue weighted by Crippen LogP contribution is 2.23. The lowest BCUT2D eigenvalue weighted by molar-refractivity contribution is -0.142. The molecule has 0 aliphatic carbocycles. The van der Waals surface area contributed by atoms with Crippen LogP contribution in [0, 0.1) is 17.8 Å². The molecule has 0 aromatic heterocycles. The maximum absolute atomic E-state index is 12.1. The molecule has 0 bridgehead atoms. The van der Waals surface area contributed by atoms with E-state index in [1.807, 2.05) is 13.8 Å². The minimum atomic E-state index is -0.819. The summed E-state index contributed by atoms with van der Waals surface area (Å²) in [6, 6.07) is -0.0933.